The molecule has 1 aliphatic heterocycles. The molecule has 1 aliphatic carbocycles. The fourth-order valence-electron chi connectivity index (χ4n) is 1.99. The monoisotopic (exact) mass is 182 g/mol. The van der Waals surface area contributed by atoms with E-state index >= 15 is 0 Å². The van der Waals surface area contributed by atoms with Gasteiger partial charge in [-0.05, 0) is 25.7 Å². The number of piperidine rings is 1. The van der Waals surface area contributed by atoms with Crippen molar-refractivity contribution in [2.45, 2.75) is 37.0 Å². The van der Waals surface area contributed by atoms with Gasteiger partial charge in [0.15, 0.2) is 0 Å². The van der Waals surface area contributed by atoms with E-state index in [1.165, 1.54) is 0 Å². The molecule has 3 heteroatoms. The lowest BCUT2D eigenvalue weighted by Crippen LogP contribution is -2.44. The number of hydrogen-bond donors (Lipinski definition) is 2. The third kappa shape index (κ3) is 1.34. The zero-order valence-corrected chi connectivity index (χ0v) is 7.98. The molecular weight excluding hydrogens is 168 g/mol. The third-order valence-corrected chi connectivity index (χ3v) is 3.51. The van der Waals surface area contributed by atoms with Crippen molar-refractivity contribution in [2.24, 2.45) is 5.41 Å². The second-order valence-electron chi connectivity index (χ2n) is 3.96. The molecule has 0 spiro atoms. The second-order valence-corrected chi connectivity index (χ2v) is 4.69. The van der Waals surface area contributed by atoms with Gasteiger partial charge in [-0.1, -0.05) is 0 Å². The van der Waals surface area contributed by atoms with Gasteiger partial charge in [0.05, 0.1) is 11.5 Å². The zero-order chi connectivity index (χ0) is 8.60. The Hall–Kier alpha value is -0.200. The summed E-state index contributed by atoms with van der Waals surface area (Å²) in [4.78, 5) is 0. The second kappa shape index (κ2) is 2.93. The van der Waals surface area contributed by atoms with Crippen LogP contribution in [0.2, 0.25) is 0 Å². The lowest BCUT2D eigenvalue weighted by atomic mass is 9.90. The first kappa shape index (κ1) is 8.40. The molecule has 0 aromatic heterocycles. The lowest BCUT2D eigenvalue weighted by molar-refractivity contribution is 0.330. The van der Waals surface area contributed by atoms with E-state index in [-0.39, 0.29) is 5.41 Å². The Balaban J connectivity index is 1.95. The normalized spacial score (nSPS) is 38.7. The van der Waals surface area contributed by atoms with E-state index in [0.29, 0.717) is 11.3 Å². The molecule has 0 aromatic carbocycles. The van der Waals surface area contributed by atoms with Gasteiger partial charge in [-0.3, -0.25) is 0 Å². The number of thiol groups is 1. The first-order chi connectivity index (χ1) is 5.77. The van der Waals surface area contributed by atoms with Gasteiger partial charge < -0.3 is 5.32 Å². The Labute approximate surface area is 78.7 Å². The van der Waals surface area contributed by atoms with Crippen molar-refractivity contribution in [2.75, 3.05) is 6.54 Å². The van der Waals surface area contributed by atoms with E-state index in [9.17, 15) is 0 Å². The maximum absolute atomic E-state index is 8.97. The molecule has 2 rings (SSSR count). The molecule has 12 heavy (non-hydrogen) atoms. The third-order valence-electron chi connectivity index (χ3n) is 3.07. The Kier molecular flexibility index (Phi) is 2.05. The van der Waals surface area contributed by atoms with E-state index in [0.717, 1.165) is 32.2 Å². The molecule has 0 bridgehead atoms. The van der Waals surface area contributed by atoms with Crippen LogP contribution in [0.1, 0.15) is 25.7 Å². The van der Waals surface area contributed by atoms with Crippen molar-refractivity contribution in [3.8, 4) is 6.07 Å². The van der Waals surface area contributed by atoms with Crippen LogP contribution in [0, 0.1) is 16.7 Å². The quantitative estimate of drug-likeness (QED) is 0.600. The summed E-state index contributed by atoms with van der Waals surface area (Å²) in [5.74, 6) is 0. The Morgan fingerprint density at radius 1 is 1.42 bits per heavy atom. The van der Waals surface area contributed by atoms with Gasteiger partial charge in [-0.15, -0.1) is 0 Å². The van der Waals surface area contributed by atoms with Crippen LogP contribution in [0.4, 0.5) is 0 Å². The summed E-state index contributed by atoms with van der Waals surface area (Å²) in [6, 6.07) is 2.90. The van der Waals surface area contributed by atoms with E-state index in [1.807, 2.05) is 0 Å². The van der Waals surface area contributed by atoms with Crippen molar-refractivity contribution < 1.29 is 0 Å². The van der Waals surface area contributed by atoms with Crippen molar-refractivity contribution in [1.29, 1.82) is 5.26 Å². The van der Waals surface area contributed by atoms with Crippen molar-refractivity contribution in [3.05, 3.63) is 0 Å². The average Bonchev–Trinajstić information content (AvgIpc) is 2.86. The summed E-state index contributed by atoms with van der Waals surface area (Å²) in [6.07, 6.45) is 4.47. The maximum Gasteiger partial charge on any atom is 0.0727 e. The molecule has 1 heterocycles. The number of nitrogens with one attached hydrogen (secondary N) is 1. The molecular formula is C9H14N2S. The standard InChI is InChI=1S/C9H14N2S/c10-6-9(3-4-9)8-2-1-7(12)5-11-8/h7-8,11-12H,1-5H2. The van der Waals surface area contributed by atoms with E-state index in [2.05, 4.69) is 24.0 Å². The first-order valence-corrected chi connectivity index (χ1v) is 5.11. The van der Waals surface area contributed by atoms with Crippen LogP contribution in [0.5, 0.6) is 0 Å². The molecule has 66 valence electrons. The molecule has 2 nitrogen and oxygen atoms in total. The SMILES string of the molecule is N#CC1(C2CCC(S)CN2)CC1. The smallest absolute Gasteiger partial charge is 0.0727 e. The fourth-order valence-corrected chi connectivity index (χ4v) is 2.24. The van der Waals surface area contributed by atoms with Crippen LogP contribution in [-0.4, -0.2) is 17.8 Å². The summed E-state index contributed by atoms with van der Waals surface area (Å²) in [5.41, 5.74) is 0.00785. The molecule has 0 aromatic rings. The molecule has 2 atom stereocenters. The predicted molar refractivity (Wildman–Crippen MR) is 51.1 cm³/mol. The molecule has 0 radical (unpaired) electrons. The van der Waals surface area contributed by atoms with Crippen molar-refractivity contribution in [3.63, 3.8) is 0 Å². The number of nitrogens with zero attached hydrogens (tertiary/aromatic N) is 1. The van der Waals surface area contributed by atoms with E-state index in [4.69, 9.17) is 5.26 Å². The summed E-state index contributed by atoms with van der Waals surface area (Å²) in [7, 11) is 0. The van der Waals surface area contributed by atoms with Gasteiger partial charge in [-0.25, -0.2) is 0 Å². The zero-order valence-electron chi connectivity index (χ0n) is 7.08. The van der Waals surface area contributed by atoms with Crippen LogP contribution in [0.3, 0.4) is 0 Å². The molecule has 2 aliphatic rings. The van der Waals surface area contributed by atoms with Gasteiger partial charge >= 0.3 is 0 Å². The summed E-state index contributed by atoms with van der Waals surface area (Å²) in [6.45, 7) is 0.969. The van der Waals surface area contributed by atoms with Gasteiger partial charge in [-0.2, -0.15) is 17.9 Å². The molecule has 0 amide bonds. The average molecular weight is 182 g/mol. The highest BCUT2D eigenvalue weighted by atomic mass is 32.1. The van der Waals surface area contributed by atoms with Gasteiger partial charge in [0.25, 0.3) is 0 Å². The van der Waals surface area contributed by atoms with Crippen molar-refractivity contribution in [1.82, 2.24) is 5.32 Å². The molecule has 1 saturated carbocycles. The maximum atomic E-state index is 8.97. The van der Waals surface area contributed by atoms with Gasteiger partial charge in [0, 0.05) is 17.8 Å². The molecule has 1 N–H and O–H groups in total. The van der Waals surface area contributed by atoms with Crippen LogP contribution >= 0.6 is 12.6 Å². The highest BCUT2D eigenvalue weighted by Gasteiger charge is 2.50. The van der Waals surface area contributed by atoms with Crippen LogP contribution in [0.15, 0.2) is 0 Å². The van der Waals surface area contributed by atoms with Gasteiger partial charge in [0.1, 0.15) is 0 Å². The predicted octanol–water partition coefficient (Wildman–Crippen LogP) is 1.34. The minimum absolute atomic E-state index is 0.00785. The summed E-state index contributed by atoms with van der Waals surface area (Å²) < 4.78 is 0. The Morgan fingerprint density at radius 3 is 2.58 bits per heavy atom. The Bertz CT molecular complexity index is 209. The van der Waals surface area contributed by atoms with Gasteiger partial charge in [0.2, 0.25) is 0 Å². The van der Waals surface area contributed by atoms with E-state index in [1.54, 1.807) is 0 Å². The highest BCUT2D eigenvalue weighted by Crippen LogP contribution is 2.50. The number of hydrogen-bond acceptors (Lipinski definition) is 3. The number of rotatable bonds is 1. The van der Waals surface area contributed by atoms with Crippen LogP contribution in [-0.2, 0) is 0 Å². The molecule has 2 unspecified atom stereocenters. The molecule has 1 saturated heterocycles. The number of nitriles is 1. The minimum atomic E-state index is 0.00785. The first-order valence-electron chi connectivity index (χ1n) is 4.59. The minimum Gasteiger partial charge on any atom is -0.311 e. The van der Waals surface area contributed by atoms with Crippen LogP contribution in [0.25, 0.3) is 0 Å². The summed E-state index contributed by atoms with van der Waals surface area (Å²) in [5, 5.41) is 12.9. The lowest BCUT2D eigenvalue weighted by Gasteiger charge is -2.30. The largest absolute Gasteiger partial charge is 0.311 e. The van der Waals surface area contributed by atoms with Crippen molar-refractivity contribution >= 4 is 12.6 Å². The topological polar surface area (TPSA) is 35.8 Å². The van der Waals surface area contributed by atoms with E-state index < -0.39 is 0 Å². The Morgan fingerprint density at radius 2 is 2.17 bits per heavy atom. The highest BCUT2D eigenvalue weighted by molar-refractivity contribution is 7.81. The fraction of sp³-hybridized carbons (Fsp3) is 0.889. The summed E-state index contributed by atoms with van der Waals surface area (Å²) >= 11 is 4.40. The molecule has 2 fully saturated rings. The van der Waals surface area contributed by atoms with Crippen LogP contribution < -0.4 is 5.32 Å².